The van der Waals surface area contributed by atoms with Gasteiger partial charge in [-0.25, -0.2) is 4.39 Å². The molecule has 1 aliphatic heterocycles. The molecule has 5 rings (SSSR count). The van der Waals surface area contributed by atoms with Gasteiger partial charge >= 0.3 is 0 Å². The third-order valence-electron chi connectivity index (χ3n) is 5.57. The van der Waals surface area contributed by atoms with Crippen LogP contribution in [-0.2, 0) is 6.54 Å². The molecular weight excluding hydrogens is 433 g/mol. The molecular formula is C26H28FN5O2. The van der Waals surface area contributed by atoms with Crippen LogP contribution in [0, 0.1) is 11.7 Å². The van der Waals surface area contributed by atoms with Gasteiger partial charge in [0.1, 0.15) is 11.6 Å². The number of pyridine rings is 1. The van der Waals surface area contributed by atoms with Crippen LogP contribution in [0.25, 0.3) is 10.9 Å². The SMILES string of the molecule is O=C(NCc1ccccn1)c1ccccc1F.c1cc2[nH]ncc2cc1OCC1CCCNC1. The van der Waals surface area contributed by atoms with Crippen molar-refractivity contribution in [1.29, 1.82) is 0 Å². The second-order valence-corrected chi connectivity index (χ2v) is 8.13. The molecule has 176 valence electrons. The van der Waals surface area contributed by atoms with E-state index in [9.17, 15) is 9.18 Å². The van der Waals surface area contributed by atoms with Crippen molar-refractivity contribution in [3.8, 4) is 5.75 Å². The Morgan fingerprint density at radius 2 is 2.03 bits per heavy atom. The summed E-state index contributed by atoms with van der Waals surface area (Å²) in [6.07, 6.45) is 5.99. The van der Waals surface area contributed by atoms with Gasteiger partial charge in [0, 0.05) is 24.0 Å². The highest BCUT2D eigenvalue weighted by Gasteiger charge is 2.13. The number of H-pyrrole nitrogens is 1. The first-order valence-electron chi connectivity index (χ1n) is 11.4. The average Bonchev–Trinajstić information content (AvgIpc) is 3.36. The van der Waals surface area contributed by atoms with Crippen molar-refractivity contribution in [2.45, 2.75) is 19.4 Å². The van der Waals surface area contributed by atoms with Gasteiger partial charge in [-0.15, -0.1) is 0 Å². The molecule has 0 saturated carbocycles. The Labute approximate surface area is 197 Å². The zero-order valence-corrected chi connectivity index (χ0v) is 18.8. The molecule has 0 bridgehead atoms. The van der Waals surface area contributed by atoms with Gasteiger partial charge in [-0.05, 0) is 61.9 Å². The molecule has 7 nitrogen and oxygen atoms in total. The van der Waals surface area contributed by atoms with E-state index in [0.29, 0.717) is 5.92 Å². The number of aromatic nitrogens is 3. The molecule has 0 radical (unpaired) electrons. The number of hydrogen-bond acceptors (Lipinski definition) is 5. The number of halogens is 1. The number of nitrogens with one attached hydrogen (secondary N) is 3. The zero-order valence-electron chi connectivity index (χ0n) is 18.8. The van der Waals surface area contributed by atoms with Gasteiger partial charge in [0.2, 0.25) is 0 Å². The number of piperidine rings is 1. The Bertz CT molecular complexity index is 1190. The van der Waals surface area contributed by atoms with Crippen molar-refractivity contribution in [1.82, 2.24) is 25.8 Å². The monoisotopic (exact) mass is 461 g/mol. The smallest absolute Gasteiger partial charge is 0.254 e. The fourth-order valence-electron chi connectivity index (χ4n) is 3.71. The third kappa shape index (κ3) is 6.62. The van der Waals surface area contributed by atoms with Gasteiger partial charge in [0.15, 0.2) is 0 Å². The average molecular weight is 462 g/mol. The lowest BCUT2D eigenvalue weighted by atomic mass is 10.0. The van der Waals surface area contributed by atoms with Crippen LogP contribution in [0.2, 0.25) is 0 Å². The molecule has 3 heterocycles. The maximum Gasteiger partial charge on any atom is 0.254 e. The van der Waals surface area contributed by atoms with Crippen LogP contribution in [0.15, 0.2) is 73.1 Å². The molecule has 34 heavy (non-hydrogen) atoms. The number of rotatable bonds is 6. The van der Waals surface area contributed by atoms with E-state index in [4.69, 9.17) is 4.74 Å². The molecule has 2 aromatic heterocycles. The molecule has 1 unspecified atom stereocenters. The van der Waals surface area contributed by atoms with Crippen molar-refractivity contribution < 1.29 is 13.9 Å². The van der Waals surface area contributed by atoms with Crippen molar-refractivity contribution >= 4 is 16.8 Å². The molecule has 1 amide bonds. The van der Waals surface area contributed by atoms with E-state index in [-0.39, 0.29) is 12.1 Å². The summed E-state index contributed by atoms with van der Waals surface area (Å²) in [5.41, 5.74) is 1.83. The van der Waals surface area contributed by atoms with Crippen LogP contribution in [0.4, 0.5) is 4.39 Å². The third-order valence-corrected chi connectivity index (χ3v) is 5.57. The number of fused-ring (bicyclic) bond motifs is 1. The summed E-state index contributed by atoms with van der Waals surface area (Å²) in [7, 11) is 0. The number of carbonyl (C=O) groups is 1. The van der Waals surface area contributed by atoms with Gasteiger partial charge < -0.3 is 15.4 Å². The minimum Gasteiger partial charge on any atom is -0.493 e. The lowest BCUT2D eigenvalue weighted by Crippen LogP contribution is -2.33. The van der Waals surface area contributed by atoms with Crippen LogP contribution < -0.4 is 15.4 Å². The second kappa shape index (κ2) is 11.9. The summed E-state index contributed by atoms with van der Waals surface area (Å²) in [5.74, 6) is 0.619. The van der Waals surface area contributed by atoms with Crippen LogP contribution in [0.3, 0.4) is 0 Å². The number of nitrogens with zero attached hydrogens (tertiary/aromatic N) is 2. The van der Waals surface area contributed by atoms with Crippen molar-refractivity contribution in [3.63, 3.8) is 0 Å². The van der Waals surface area contributed by atoms with E-state index in [2.05, 4.69) is 25.8 Å². The highest BCUT2D eigenvalue weighted by molar-refractivity contribution is 5.94. The van der Waals surface area contributed by atoms with Gasteiger partial charge in [-0.2, -0.15) is 5.10 Å². The number of hydrogen-bond donors (Lipinski definition) is 3. The Morgan fingerprint density at radius 3 is 2.82 bits per heavy atom. The van der Waals surface area contributed by atoms with Crippen molar-refractivity contribution in [2.75, 3.05) is 19.7 Å². The summed E-state index contributed by atoms with van der Waals surface area (Å²) in [4.78, 5) is 15.7. The summed E-state index contributed by atoms with van der Waals surface area (Å²) >= 11 is 0. The lowest BCUT2D eigenvalue weighted by Gasteiger charge is -2.22. The van der Waals surface area contributed by atoms with E-state index in [1.807, 2.05) is 30.5 Å². The van der Waals surface area contributed by atoms with Crippen LogP contribution >= 0.6 is 0 Å². The molecule has 2 aromatic carbocycles. The maximum absolute atomic E-state index is 13.3. The first kappa shape index (κ1) is 23.4. The predicted octanol–water partition coefficient (Wildman–Crippen LogP) is 4.09. The summed E-state index contributed by atoms with van der Waals surface area (Å²) in [6, 6.07) is 17.3. The normalized spacial score (nSPS) is 15.3. The van der Waals surface area contributed by atoms with E-state index < -0.39 is 11.7 Å². The summed E-state index contributed by atoms with van der Waals surface area (Å²) in [6.45, 7) is 3.32. The van der Waals surface area contributed by atoms with E-state index in [0.717, 1.165) is 42.0 Å². The molecule has 4 aromatic rings. The largest absolute Gasteiger partial charge is 0.493 e. The predicted molar refractivity (Wildman–Crippen MR) is 129 cm³/mol. The van der Waals surface area contributed by atoms with Crippen molar-refractivity contribution in [2.24, 2.45) is 5.92 Å². The summed E-state index contributed by atoms with van der Waals surface area (Å²) in [5, 5.41) is 14.1. The number of ether oxygens (including phenoxy) is 1. The molecule has 0 spiro atoms. The van der Waals surface area contributed by atoms with E-state index in [1.54, 1.807) is 30.5 Å². The fraction of sp³-hybridized carbons (Fsp3) is 0.269. The van der Waals surface area contributed by atoms with Gasteiger partial charge in [-0.3, -0.25) is 14.9 Å². The second-order valence-electron chi connectivity index (χ2n) is 8.13. The molecule has 1 aliphatic rings. The topological polar surface area (TPSA) is 91.9 Å². The Morgan fingerprint density at radius 1 is 1.15 bits per heavy atom. The van der Waals surface area contributed by atoms with Crippen molar-refractivity contribution in [3.05, 3.63) is 90.1 Å². The number of aromatic amines is 1. The lowest BCUT2D eigenvalue weighted by molar-refractivity contribution is 0.0946. The number of benzene rings is 2. The Kier molecular flexibility index (Phi) is 8.18. The molecule has 1 saturated heterocycles. The standard InChI is InChI=1S/C13H11FN2O.C13H17N3O/c14-12-7-2-1-6-11(12)13(17)16-9-10-5-3-4-8-15-10;1-2-10(7-14-5-1)9-17-12-3-4-13-11(6-12)8-15-16-13/h1-8H,9H2,(H,16,17);3-4,6,8,10,14H,1-2,5,7,9H2,(H,15,16). The molecule has 3 N–H and O–H groups in total. The van der Waals surface area contributed by atoms with Crippen LogP contribution in [-0.4, -0.2) is 40.8 Å². The van der Waals surface area contributed by atoms with Crippen LogP contribution in [0.1, 0.15) is 28.9 Å². The minimum atomic E-state index is -0.522. The first-order valence-corrected chi connectivity index (χ1v) is 11.4. The van der Waals surface area contributed by atoms with Gasteiger partial charge in [-0.1, -0.05) is 18.2 Å². The highest BCUT2D eigenvalue weighted by Crippen LogP contribution is 2.20. The molecule has 1 atom stereocenters. The molecule has 8 heteroatoms. The summed E-state index contributed by atoms with van der Waals surface area (Å²) < 4.78 is 19.1. The van der Waals surface area contributed by atoms with Gasteiger partial charge in [0.25, 0.3) is 5.91 Å². The maximum atomic E-state index is 13.3. The zero-order chi connectivity index (χ0) is 23.6. The fourth-order valence-corrected chi connectivity index (χ4v) is 3.71. The first-order chi connectivity index (χ1) is 16.7. The quantitative estimate of drug-likeness (QED) is 0.402. The molecule has 0 aliphatic carbocycles. The Balaban J connectivity index is 0.000000161. The number of carbonyl (C=O) groups excluding carboxylic acids is 1. The van der Waals surface area contributed by atoms with Crippen LogP contribution in [0.5, 0.6) is 5.75 Å². The van der Waals surface area contributed by atoms with Gasteiger partial charge in [0.05, 0.1) is 36.1 Å². The Hall–Kier alpha value is -3.78. The minimum absolute atomic E-state index is 0.0448. The van der Waals surface area contributed by atoms with E-state index >= 15 is 0 Å². The number of amides is 1. The van der Waals surface area contributed by atoms with E-state index in [1.165, 1.54) is 25.0 Å². The molecule has 1 fully saturated rings. The highest BCUT2D eigenvalue weighted by atomic mass is 19.1.